The average Bonchev–Trinajstić information content (AvgIpc) is 2.97. The van der Waals surface area contributed by atoms with Gasteiger partial charge >= 0.3 is 49.5 Å². The van der Waals surface area contributed by atoms with E-state index in [1.54, 1.807) is 53.4 Å². The van der Waals surface area contributed by atoms with Crippen LogP contribution in [0.15, 0.2) is 23.7 Å². The van der Waals surface area contributed by atoms with Gasteiger partial charge in [0.25, 0.3) is 0 Å². The molecule has 3 aliphatic heterocycles. The summed E-state index contributed by atoms with van der Waals surface area (Å²) < 4.78 is 141. The lowest BCUT2D eigenvalue weighted by Crippen LogP contribution is -2.46. The van der Waals surface area contributed by atoms with E-state index >= 15 is 0 Å². The number of likely N-dealkylation sites (tertiary alicyclic amines) is 1. The molecule has 350 valence electrons. The molecule has 24 heteroatoms. The van der Waals surface area contributed by atoms with E-state index in [2.05, 4.69) is 8.37 Å². The monoisotopic (exact) mass is 919 g/mol. The summed E-state index contributed by atoms with van der Waals surface area (Å²) in [6, 6.07) is -1.25. The standard InChI is InChI=1S/2C12H18F3NO5S.C11H19NO3.CH4/c2*1-8-7-9(21-22(18,19)12(13,14)15)5-6-16(8)10(17)20-11(2,3)4;1-8-7-9(13)5-6-12(8)10(14)15-11(2,3)4;/h7-8H,5-6H2,1-4H3;5,8H,6-7H2,1-4H3;8H,5-7H2,1-4H3;1H4. The van der Waals surface area contributed by atoms with Crippen LogP contribution in [-0.2, 0) is 47.6 Å². The molecule has 0 aromatic heterocycles. The molecule has 0 N–H and O–H groups in total. The minimum Gasteiger partial charge on any atom is -0.444 e. The number of Topliss-reactive ketones (excluding diaryl/α,β-unsaturated/α-hetero) is 1. The predicted molar refractivity (Wildman–Crippen MR) is 206 cm³/mol. The highest BCUT2D eigenvalue weighted by Gasteiger charge is 2.50. The highest BCUT2D eigenvalue weighted by molar-refractivity contribution is 7.88. The molecule has 1 fully saturated rings. The zero-order valence-electron chi connectivity index (χ0n) is 35.1. The smallest absolute Gasteiger partial charge is 0.444 e. The van der Waals surface area contributed by atoms with E-state index < -0.39 is 72.3 Å². The zero-order valence-corrected chi connectivity index (χ0v) is 36.7. The van der Waals surface area contributed by atoms with E-state index in [9.17, 15) is 62.4 Å². The van der Waals surface area contributed by atoms with Gasteiger partial charge in [0.05, 0.1) is 6.04 Å². The summed E-state index contributed by atoms with van der Waals surface area (Å²) in [5, 5.41) is 0. The first-order valence-corrected chi connectivity index (χ1v) is 21.0. The van der Waals surface area contributed by atoms with Gasteiger partial charge in [0.15, 0.2) is 0 Å². The summed E-state index contributed by atoms with van der Waals surface area (Å²) >= 11 is 0. The van der Waals surface area contributed by atoms with Crippen molar-refractivity contribution in [3.8, 4) is 0 Å². The molecule has 3 amide bonds. The fourth-order valence-corrected chi connectivity index (χ4v) is 6.04. The third-order valence-corrected chi connectivity index (χ3v) is 9.63. The summed E-state index contributed by atoms with van der Waals surface area (Å²) in [5.74, 6) is -0.462. The number of alkyl halides is 6. The van der Waals surface area contributed by atoms with Gasteiger partial charge in [-0.1, -0.05) is 7.43 Å². The molecule has 0 bridgehead atoms. The fourth-order valence-electron chi connectivity index (χ4n) is 5.01. The van der Waals surface area contributed by atoms with Gasteiger partial charge in [-0.3, -0.25) is 4.79 Å². The van der Waals surface area contributed by atoms with E-state index in [4.69, 9.17) is 14.2 Å². The third-order valence-electron chi connectivity index (χ3n) is 7.63. The first-order chi connectivity index (χ1) is 26.2. The molecule has 3 rings (SSSR count). The van der Waals surface area contributed by atoms with Crippen LogP contribution < -0.4 is 0 Å². The molecule has 3 aliphatic rings. The fraction of sp³-hybridized carbons (Fsp3) is 0.778. The molecule has 0 saturated carbocycles. The molecule has 3 unspecified atom stereocenters. The van der Waals surface area contributed by atoms with Crippen LogP contribution in [0, 0.1) is 0 Å². The van der Waals surface area contributed by atoms with Crippen LogP contribution in [-0.4, -0.2) is 121 Å². The number of ketones is 1. The van der Waals surface area contributed by atoms with Crippen molar-refractivity contribution in [3.05, 3.63) is 23.7 Å². The zero-order chi connectivity index (χ0) is 46.3. The molecule has 60 heavy (non-hydrogen) atoms. The van der Waals surface area contributed by atoms with Gasteiger partial charge in [-0.25, -0.2) is 14.4 Å². The van der Waals surface area contributed by atoms with Crippen LogP contribution >= 0.6 is 0 Å². The van der Waals surface area contributed by atoms with Gasteiger partial charge in [0.2, 0.25) is 0 Å². The number of hydrogen-bond acceptors (Lipinski definition) is 13. The lowest BCUT2D eigenvalue weighted by Gasteiger charge is -2.34. The predicted octanol–water partition coefficient (Wildman–Crippen LogP) is 8.14. The molecular weight excluding hydrogens is 861 g/mol. The molecule has 1 saturated heterocycles. The SMILES string of the molecule is C.CC1C=C(OS(=O)(=O)C(F)(F)F)CCN1C(=O)OC(C)(C)C.CC1CC(=O)CCN1C(=O)OC(C)(C)C.CC1CC(OS(=O)(=O)C(F)(F)F)=CCN1C(=O)OC(C)(C)C. The molecule has 0 aliphatic carbocycles. The third kappa shape index (κ3) is 18.8. The van der Waals surface area contributed by atoms with Crippen molar-refractivity contribution in [3.63, 3.8) is 0 Å². The number of carbonyl (C=O) groups is 4. The summed E-state index contributed by atoms with van der Waals surface area (Å²) in [6.45, 7) is 20.9. The van der Waals surface area contributed by atoms with Crippen molar-refractivity contribution < 1.29 is 84.9 Å². The molecule has 16 nitrogen and oxygen atoms in total. The van der Waals surface area contributed by atoms with Gasteiger partial charge in [0, 0.05) is 57.4 Å². The van der Waals surface area contributed by atoms with Crippen LogP contribution in [0.25, 0.3) is 0 Å². The lowest BCUT2D eigenvalue weighted by atomic mass is 10.0. The number of rotatable bonds is 4. The van der Waals surface area contributed by atoms with Gasteiger partial charge in [-0.15, -0.1) is 0 Å². The van der Waals surface area contributed by atoms with Gasteiger partial charge in [-0.2, -0.15) is 43.2 Å². The molecule has 0 aromatic carbocycles. The number of amides is 3. The summed E-state index contributed by atoms with van der Waals surface area (Å²) in [7, 11) is -11.4. The first-order valence-electron chi connectivity index (χ1n) is 18.2. The number of halogens is 6. The van der Waals surface area contributed by atoms with Crippen molar-refractivity contribution in [2.75, 3.05) is 19.6 Å². The summed E-state index contributed by atoms with van der Waals surface area (Å²) in [4.78, 5) is 50.9. The molecule has 3 atom stereocenters. The van der Waals surface area contributed by atoms with E-state index in [0.717, 1.165) is 12.2 Å². The number of carbonyl (C=O) groups excluding carboxylic acids is 4. The molecular formula is C36H59F6N3O13S2. The highest BCUT2D eigenvalue weighted by atomic mass is 32.2. The summed E-state index contributed by atoms with van der Waals surface area (Å²) in [5.41, 5.74) is -12.9. The van der Waals surface area contributed by atoms with E-state index in [1.807, 2.05) is 27.7 Å². The second-order valence-electron chi connectivity index (χ2n) is 16.6. The Morgan fingerprint density at radius 2 is 0.967 bits per heavy atom. The number of piperidine rings is 1. The Morgan fingerprint density at radius 3 is 1.33 bits per heavy atom. The molecule has 0 radical (unpaired) electrons. The van der Waals surface area contributed by atoms with E-state index in [1.165, 1.54) is 16.7 Å². The number of nitrogens with zero attached hydrogens (tertiary/aromatic N) is 3. The Kier molecular flexibility index (Phi) is 19.4. The number of ether oxygens (including phenoxy) is 3. The highest BCUT2D eigenvalue weighted by Crippen LogP contribution is 2.31. The Morgan fingerprint density at radius 1 is 0.600 bits per heavy atom. The van der Waals surface area contributed by atoms with Crippen LogP contribution in [0.5, 0.6) is 0 Å². The Labute approximate surface area is 348 Å². The maximum Gasteiger partial charge on any atom is 0.534 e. The van der Waals surface area contributed by atoms with Crippen molar-refractivity contribution in [2.45, 2.75) is 162 Å². The second-order valence-corrected chi connectivity index (χ2v) is 19.7. The van der Waals surface area contributed by atoms with Crippen LogP contribution in [0.2, 0.25) is 0 Å². The quantitative estimate of drug-likeness (QED) is 0.114. The lowest BCUT2D eigenvalue weighted by molar-refractivity contribution is -0.122. The van der Waals surface area contributed by atoms with E-state index in [0.29, 0.717) is 19.4 Å². The minimum absolute atomic E-state index is 0. The van der Waals surface area contributed by atoms with Crippen molar-refractivity contribution in [1.82, 2.24) is 14.7 Å². The Bertz CT molecular complexity index is 1770. The first kappa shape index (κ1) is 56.0. The minimum atomic E-state index is -5.69. The van der Waals surface area contributed by atoms with Crippen LogP contribution in [0.3, 0.4) is 0 Å². The second kappa shape index (κ2) is 20.7. The molecule has 0 spiro atoms. The van der Waals surface area contributed by atoms with Crippen LogP contribution in [0.4, 0.5) is 40.7 Å². The largest absolute Gasteiger partial charge is 0.534 e. The van der Waals surface area contributed by atoms with Gasteiger partial charge in [0.1, 0.15) is 34.1 Å². The van der Waals surface area contributed by atoms with Crippen molar-refractivity contribution in [1.29, 1.82) is 0 Å². The van der Waals surface area contributed by atoms with E-state index in [-0.39, 0.29) is 62.8 Å². The number of hydrogen-bond donors (Lipinski definition) is 0. The average molecular weight is 920 g/mol. The Balaban J connectivity index is 0.000000880. The topological polar surface area (TPSA) is 192 Å². The van der Waals surface area contributed by atoms with Gasteiger partial charge in [-0.05, 0) is 95.2 Å². The maximum atomic E-state index is 12.3. The van der Waals surface area contributed by atoms with Crippen LogP contribution in [0.1, 0.15) is 116 Å². The summed E-state index contributed by atoms with van der Waals surface area (Å²) in [6.07, 6.45) is 1.27. The molecule has 0 aromatic rings. The van der Waals surface area contributed by atoms with Crippen molar-refractivity contribution >= 4 is 44.3 Å². The van der Waals surface area contributed by atoms with Gasteiger partial charge < -0.3 is 37.3 Å². The maximum absolute atomic E-state index is 12.3. The normalized spacial score (nSPS) is 20.7. The van der Waals surface area contributed by atoms with Crippen molar-refractivity contribution in [2.24, 2.45) is 0 Å². The molecule has 3 heterocycles. The Hall–Kier alpha value is -3.96.